The first-order chi connectivity index (χ1) is 13.1. The summed E-state index contributed by atoms with van der Waals surface area (Å²) in [5.74, 6) is -1.58. The summed E-state index contributed by atoms with van der Waals surface area (Å²) >= 11 is 0. The Morgan fingerprint density at radius 3 is 2.07 bits per heavy atom. The number of hydrogen-bond acceptors (Lipinski definition) is 6. The average molecular weight is 386 g/mol. The zero-order chi connectivity index (χ0) is 21.3. The van der Waals surface area contributed by atoms with Crippen LogP contribution in [0.25, 0.3) is 0 Å². The molecule has 0 aliphatic carbocycles. The van der Waals surface area contributed by atoms with Gasteiger partial charge in [0.05, 0.1) is 34.6 Å². The van der Waals surface area contributed by atoms with Gasteiger partial charge in [0.2, 0.25) is 0 Å². The first kappa shape index (κ1) is 22.4. The van der Waals surface area contributed by atoms with Crippen LogP contribution in [0.2, 0.25) is 0 Å². The van der Waals surface area contributed by atoms with Crippen molar-refractivity contribution in [1.82, 2.24) is 0 Å². The predicted molar refractivity (Wildman–Crippen MR) is 101 cm³/mol. The van der Waals surface area contributed by atoms with Crippen molar-refractivity contribution in [3.05, 3.63) is 59.2 Å². The standard InChI is InChI=1S/C13H15FN2O2.C7H5FN2/c1-13(2,3)18-12(17)8-16-11-5-4-9(7-15)6-10(11)14;8-6-3-5(4-9)1-2-7(6)10/h4-6,16H,8H2,1-3H3;1-3H,10H2. The number of carbonyl (C=O) groups excluding carboxylic acids is 1. The van der Waals surface area contributed by atoms with Gasteiger partial charge >= 0.3 is 5.97 Å². The van der Waals surface area contributed by atoms with Crippen molar-refractivity contribution >= 4 is 17.3 Å². The van der Waals surface area contributed by atoms with E-state index >= 15 is 0 Å². The maximum Gasteiger partial charge on any atom is 0.325 e. The first-order valence-electron chi connectivity index (χ1n) is 8.16. The fourth-order valence-electron chi connectivity index (χ4n) is 1.87. The van der Waals surface area contributed by atoms with E-state index in [-0.39, 0.29) is 29.0 Å². The topological polar surface area (TPSA) is 112 Å². The molecule has 8 heteroatoms. The summed E-state index contributed by atoms with van der Waals surface area (Å²) in [6.45, 7) is 5.15. The summed E-state index contributed by atoms with van der Waals surface area (Å²) in [7, 11) is 0. The molecule has 0 saturated heterocycles. The molecule has 3 N–H and O–H groups in total. The van der Waals surface area contributed by atoms with E-state index in [1.165, 1.54) is 24.3 Å². The Bertz CT molecular complexity index is 925. The SMILES string of the molecule is CC(C)(C)OC(=O)CNc1ccc(C#N)cc1F.N#Cc1ccc(N)c(F)c1. The highest BCUT2D eigenvalue weighted by Gasteiger charge is 2.16. The lowest BCUT2D eigenvalue weighted by Gasteiger charge is -2.19. The molecule has 0 spiro atoms. The summed E-state index contributed by atoms with van der Waals surface area (Å²) in [6, 6.07) is 11.6. The number of carbonyl (C=O) groups is 1. The Morgan fingerprint density at radius 1 is 1.07 bits per heavy atom. The highest BCUT2D eigenvalue weighted by Crippen LogP contribution is 2.15. The molecule has 2 aromatic carbocycles. The first-order valence-corrected chi connectivity index (χ1v) is 8.16. The van der Waals surface area contributed by atoms with E-state index in [1.807, 2.05) is 6.07 Å². The molecule has 0 saturated carbocycles. The van der Waals surface area contributed by atoms with Gasteiger partial charge in [0.25, 0.3) is 0 Å². The van der Waals surface area contributed by atoms with Gasteiger partial charge in [-0.25, -0.2) is 8.78 Å². The molecule has 28 heavy (non-hydrogen) atoms. The lowest BCUT2D eigenvalue weighted by atomic mass is 10.2. The third-order valence-corrected chi connectivity index (χ3v) is 3.07. The summed E-state index contributed by atoms with van der Waals surface area (Å²) < 4.78 is 31.0. The van der Waals surface area contributed by atoms with E-state index in [1.54, 1.807) is 26.8 Å². The second-order valence-electron chi connectivity index (χ2n) is 6.59. The third-order valence-electron chi connectivity index (χ3n) is 3.07. The van der Waals surface area contributed by atoms with E-state index in [0.29, 0.717) is 0 Å². The van der Waals surface area contributed by atoms with Gasteiger partial charge in [0, 0.05) is 0 Å². The van der Waals surface area contributed by atoms with Gasteiger partial charge < -0.3 is 15.8 Å². The molecule has 2 rings (SSSR count). The van der Waals surface area contributed by atoms with Crippen LogP contribution in [0.4, 0.5) is 20.2 Å². The number of benzene rings is 2. The second kappa shape index (κ2) is 9.89. The minimum atomic E-state index is -0.572. The normalized spacial score (nSPS) is 9.96. The van der Waals surface area contributed by atoms with Crippen molar-refractivity contribution in [2.24, 2.45) is 0 Å². The number of nitrogens with one attached hydrogen (secondary N) is 1. The molecular formula is C20H20F2N4O2. The number of nitrogens with two attached hydrogens (primary N) is 1. The highest BCUT2D eigenvalue weighted by molar-refractivity contribution is 5.75. The van der Waals surface area contributed by atoms with Crippen LogP contribution in [0.5, 0.6) is 0 Å². The molecule has 0 aliphatic heterocycles. The molecule has 146 valence electrons. The van der Waals surface area contributed by atoms with E-state index in [2.05, 4.69) is 5.32 Å². The van der Waals surface area contributed by atoms with Gasteiger partial charge in [-0.15, -0.1) is 0 Å². The molecule has 0 atom stereocenters. The van der Waals surface area contributed by atoms with Crippen molar-refractivity contribution in [2.45, 2.75) is 26.4 Å². The molecule has 0 fully saturated rings. The number of esters is 1. The van der Waals surface area contributed by atoms with E-state index in [9.17, 15) is 13.6 Å². The molecule has 0 heterocycles. The zero-order valence-electron chi connectivity index (χ0n) is 15.7. The Balaban J connectivity index is 0.000000330. The molecule has 0 aliphatic rings. The highest BCUT2D eigenvalue weighted by atomic mass is 19.1. The zero-order valence-corrected chi connectivity index (χ0v) is 15.7. The van der Waals surface area contributed by atoms with E-state index in [4.69, 9.17) is 21.0 Å². The molecule has 0 unspecified atom stereocenters. The number of nitriles is 2. The molecule has 2 aromatic rings. The fourth-order valence-corrected chi connectivity index (χ4v) is 1.87. The number of ether oxygens (including phenoxy) is 1. The number of hydrogen-bond donors (Lipinski definition) is 2. The minimum absolute atomic E-state index is 0.0685. The fraction of sp³-hybridized carbons (Fsp3) is 0.250. The van der Waals surface area contributed by atoms with Crippen molar-refractivity contribution < 1.29 is 18.3 Å². The Labute approximate surface area is 162 Å². The Kier molecular flexibility index (Phi) is 7.91. The number of halogens is 2. The predicted octanol–water partition coefficient (Wildman–Crippen LogP) is 3.73. The number of anilines is 2. The van der Waals surface area contributed by atoms with Gasteiger partial charge in [0.15, 0.2) is 0 Å². The molecular weight excluding hydrogens is 366 g/mol. The van der Waals surface area contributed by atoms with Gasteiger partial charge in [-0.05, 0) is 57.2 Å². The molecule has 0 aromatic heterocycles. The van der Waals surface area contributed by atoms with Crippen LogP contribution in [-0.2, 0) is 9.53 Å². The van der Waals surface area contributed by atoms with Crippen molar-refractivity contribution in [3.8, 4) is 12.1 Å². The molecule has 6 nitrogen and oxygen atoms in total. The van der Waals surface area contributed by atoms with Crippen LogP contribution < -0.4 is 11.1 Å². The van der Waals surface area contributed by atoms with Gasteiger partial charge in [-0.1, -0.05) is 0 Å². The van der Waals surface area contributed by atoms with Crippen molar-refractivity contribution in [3.63, 3.8) is 0 Å². The van der Waals surface area contributed by atoms with Crippen LogP contribution in [0.3, 0.4) is 0 Å². The maximum absolute atomic E-state index is 13.5. The summed E-state index contributed by atoms with van der Waals surface area (Å²) in [5.41, 5.74) is 5.34. The van der Waals surface area contributed by atoms with Gasteiger partial charge in [-0.2, -0.15) is 10.5 Å². The smallest absolute Gasteiger partial charge is 0.325 e. The lowest BCUT2D eigenvalue weighted by molar-refractivity contribution is -0.152. The van der Waals surface area contributed by atoms with Crippen LogP contribution >= 0.6 is 0 Å². The molecule has 0 amide bonds. The van der Waals surface area contributed by atoms with E-state index < -0.39 is 23.2 Å². The van der Waals surface area contributed by atoms with Crippen LogP contribution in [0.1, 0.15) is 31.9 Å². The quantitative estimate of drug-likeness (QED) is 0.614. The largest absolute Gasteiger partial charge is 0.459 e. The minimum Gasteiger partial charge on any atom is -0.459 e. The van der Waals surface area contributed by atoms with Crippen LogP contribution in [0, 0.1) is 34.3 Å². The maximum atomic E-state index is 13.5. The van der Waals surface area contributed by atoms with Gasteiger partial charge in [-0.3, -0.25) is 4.79 Å². The van der Waals surface area contributed by atoms with Crippen LogP contribution in [-0.4, -0.2) is 18.1 Å². The van der Waals surface area contributed by atoms with Crippen molar-refractivity contribution in [1.29, 1.82) is 10.5 Å². The number of nitrogens with zero attached hydrogens (tertiary/aromatic N) is 2. The number of rotatable bonds is 3. The molecule has 0 bridgehead atoms. The Hall–Kier alpha value is -3.65. The van der Waals surface area contributed by atoms with Crippen molar-refractivity contribution in [2.75, 3.05) is 17.6 Å². The lowest BCUT2D eigenvalue weighted by Crippen LogP contribution is -2.28. The third kappa shape index (κ3) is 7.71. The van der Waals surface area contributed by atoms with Crippen LogP contribution in [0.15, 0.2) is 36.4 Å². The average Bonchev–Trinajstić information content (AvgIpc) is 2.62. The van der Waals surface area contributed by atoms with Gasteiger partial charge in [0.1, 0.15) is 23.8 Å². The monoisotopic (exact) mass is 386 g/mol. The molecule has 0 radical (unpaired) electrons. The number of nitrogen functional groups attached to an aromatic ring is 1. The summed E-state index contributed by atoms with van der Waals surface area (Å²) in [5, 5.41) is 19.5. The second-order valence-corrected chi connectivity index (χ2v) is 6.59. The summed E-state index contributed by atoms with van der Waals surface area (Å²) in [4.78, 5) is 11.4. The Morgan fingerprint density at radius 2 is 1.61 bits per heavy atom. The van der Waals surface area contributed by atoms with E-state index in [0.717, 1.165) is 12.1 Å². The summed E-state index contributed by atoms with van der Waals surface area (Å²) in [6.07, 6.45) is 0.